The Morgan fingerprint density at radius 1 is 1.33 bits per heavy atom. The summed E-state index contributed by atoms with van der Waals surface area (Å²) in [6, 6.07) is 0. The van der Waals surface area contributed by atoms with Crippen molar-refractivity contribution in [1.29, 1.82) is 0 Å². The second-order valence-corrected chi connectivity index (χ2v) is 6.49. The first kappa shape index (κ1) is 13.6. The van der Waals surface area contributed by atoms with Crippen LogP contribution in [0.25, 0.3) is 0 Å². The molecule has 2 rings (SSSR count). The average molecular weight is 251 g/mol. The SMILES string of the molecule is Cn1cncc1CNCC1(O)CCC(C)(C)CC1. The largest absolute Gasteiger partial charge is 0.389 e. The van der Waals surface area contributed by atoms with Crippen LogP contribution in [-0.4, -0.2) is 26.8 Å². The van der Waals surface area contributed by atoms with Crippen LogP contribution in [0.2, 0.25) is 0 Å². The van der Waals surface area contributed by atoms with Gasteiger partial charge in [-0.25, -0.2) is 4.98 Å². The molecule has 2 N–H and O–H groups in total. The van der Waals surface area contributed by atoms with Gasteiger partial charge in [-0.3, -0.25) is 0 Å². The lowest BCUT2D eigenvalue weighted by Gasteiger charge is -2.40. The molecule has 0 saturated heterocycles. The van der Waals surface area contributed by atoms with Crippen LogP contribution in [0, 0.1) is 5.41 Å². The minimum absolute atomic E-state index is 0.397. The summed E-state index contributed by atoms with van der Waals surface area (Å²) in [5.74, 6) is 0. The second-order valence-electron chi connectivity index (χ2n) is 6.49. The highest BCUT2D eigenvalue weighted by molar-refractivity contribution is 4.98. The van der Waals surface area contributed by atoms with E-state index in [2.05, 4.69) is 24.1 Å². The molecule has 1 heterocycles. The van der Waals surface area contributed by atoms with Gasteiger partial charge in [-0.05, 0) is 31.1 Å². The summed E-state index contributed by atoms with van der Waals surface area (Å²) in [4.78, 5) is 4.08. The molecule has 0 unspecified atom stereocenters. The Hall–Kier alpha value is -0.870. The zero-order chi connectivity index (χ0) is 13.2. The van der Waals surface area contributed by atoms with Crippen LogP contribution >= 0.6 is 0 Å². The first-order chi connectivity index (χ1) is 8.40. The molecule has 1 aromatic heterocycles. The number of rotatable bonds is 4. The summed E-state index contributed by atoms with van der Waals surface area (Å²) >= 11 is 0. The van der Waals surface area contributed by atoms with E-state index in [-0.39, 0.29) is 0 Å². The van der Waals surface area contributed by atoms with E-state index in [0.717, 1.165) is 37.9 Å². The Bertz CT molecular complexity index is 387. The van der Waals surface area contributed by atoms with E-state index in [9.17, 15) is 5.11 Å². The highest BCUT2D eigenvalue weighted by Crippen LogP contribution is 2.39. The number of hydrogen-bond acceptors (Lipinski definition) is 3. The van der Waals surface area contributed by atoms with Gasteiger partial charge in [-0.1, -0.05) is 13.8 Å². The molecule has 0 amide bonds. The fourth-order valence-corrected chi connectivity index (χ4v) is 2.55. The van der Waals surface area contributed by atoms with Crippen LogP contribution in [0.4, 0.5) is 0 Å². The number of imidazole rings is 1. The van der Waals surface area contributed by atoms with Crippen molar-refractivity contribution in [2.45, 2.75) is 51.7 Å². The third-order valence-electron chi connectivity index (χ3n) is 4.21. The molecule has 1 aliphatic carbocycles. The summed E-state index contributed by atoms with van der Waals surface area (Å²) in [6.45, 7) is 6.02. The molecule has 18 heavy (non-hydrogen) atoms. The summed E-state index contributed by atoms with van der Waals surface area (Å²) in [5, 5.41) is 13.9. The van der Waals surface area contributed by atoms with Gasteiger partial charge in [0.2, 0.25) is 0 Å². The molecule has 0 aromatic carbocycles. The third kappa shape index (κ3) is 3.33. The molecule has 0 bridgehead atoms. The van der Waals surface area contributed by atoms with Gasteiger partial charge in [0.25, 0.3) is 0 Å². The molecule has 0 radical (unpaired) electrons. The van der Waals surface area contributed by atoms with Crippen LogP contribution in [0.1, 0.15) is 45.2 Å². The minimum Gasteiger partial charge on any atom is -0.389 e. The summed E-state index contributed by atoms with van der Waals surface area (Å²) in [5.41, 5.74) is 1.03. The highest BCUT2D eigenvalue weighted by Gasteiger charge is 2.36. The average Bonchev–Trinajstić information content (AvgIpc) is 2.70. The van der Waals surface area contributed by atoms with E-state index in [4.69, 9.17) is 0 Å². The van der Waals surface area contributed by atoms with Crippen LogP contribution in [0.3, 0.4) is 0 Å². The van der Waals surface area contributed by atoms with E-state index in [1.165, 1.54) is 0 Å². The lowest BCUT2D eigenvalue weighted by molar-refractivity contribution is -0.0245. The normalized spacial score (nSPS) is 22.0. The number of aliphatic hydroxyl groups is 1. The van der Waals surface area contributed by atoms with Crippen molar-refractivity contribution in [2.75, 3.05) is 6.54 Å². The van der Waals surface area contributed by atoms with Crippen LogP contribution in [0.5, 0.6) is 0 Å². The Kier molecular flexibility index (Phi) is 3.78. The van der Waals surface area contributed by atoms with Crippen molar-refractivity contribution in [1.82, 2.24) is 14.9 Å². The maximum atomic E-state index is 10.5. The van der Waals surface area contributed by atoms with E-state index >= 15 is 0 Å². The van der Waals surface area contributed by atoms with Gasteiger partial charge >= 0.3 is 0 Å². The smallest absolute Gasteiger partial charge is 0.0945 e. The zero-order valence-electron chi connectivity index (χ0n) is 11.7. The maximum absolute atomic E-state index is 10.5. The molecule has 0 aliphatic heterocycles. The van der Waals surface area contributed by atoms with E-state index in [0.29, 0.717) is 12.0 Å². The highest BCUT2D eigenvalue weighted by atomic mass is 16.3. The molecule has 4 nitrogen and oxygen atoms in total. The molecule has 102 valence electrons. The van der Waals surface area contributed by atoms with Gasteiger partial charge in [0, 0.05) is 26.3 Å². The predicted octanol–water partition coefficient (Wildman–Crippen LogP) is 1.84. The predicted molar refractivity (Wildman–Crippen MR) is 72.1 cm³/mol. The van der Waals surface area contributed by atoms with Gasteiger partial charge in [0.1, 0.15) is 0 Å². The molecule has 1 saturated carbocycles. The Labute approximate surface area is 109 Å². The second kappa shape index (κ2) is 5.02. The molecule has 1 aliphatic rings. The first-order valence-electron chi connectivity index (χ1n) is 6.79. The summed E-state index contributed by atoms with van der Waals surface area (Å²) in [6.07, 6.45) is 7.68. The summed E-state index contributed by atoms with van der Waals surface area (Å²) < 4.78 is 2.00. The molecule has 0 spiro atoms. The molecular formula is C14H25N3O. The number of hydrogen-bond donors (Lipinski definition) is 2. The third-order valence-corrected chi connectivity index (χ3v) is 4.21. The van der Waals surface area contributed by atoms with E-state index in [1.807, 2.05) is 17.8 Å². The van der Waals surface area contributed by atoms with Crippen molar-refractivity contribution in [3.05, 3.63) is 18.2 Å². The number of aryl methyl sites for hydroxylation is 1. The fourth-order valence-electron chi connectivity index (χ4n) is 2.55. The van der Waals surface area contributed by atoms with Crippen molar-refractivity contribution in [3.8, 4) is 0 Å². The van der Waals surface area contributed by atoms with Crippen molar-refractivity contribution in [3.63, 3.8) is 0 Å². The van der Waals surface area contributed by atoms with Crippen molar-refractivity contribution < 1.29 is 5.11 Å². The lowest BCUT2D eigenvalue weighted by atomic mass is 9.71. The Morgan fingerprint density at radius 3 is 2.56 bits per heavy atom. The number of nitrogens with zero attached hydrogens (tertiary/aromatic N) is 2. The van der Waals surface area contributed by atoms with Crippen LogP contribution < -0.4 is 5.32 Å². The number of aromatic nitrogens is 2. The molecule has 1 aromatic rings. The van der Waals surface area contributed by atoms with Gasteiger partial charge in [-0.2, -0.15) is 0 Å². The maximum Gasteiger partial charge on any atom is 0.0945 e. The molecular weight excluding hydrogens is 226 g/mol. The lowest BCUT2D eigenvalue weighted by Crippen LogP contribution is -2.44. The quantitative estimate of drug-likeness (QED) is 0.858. The fraction of sp³-hybridized carbons (Fsp3) is 0.786. The van der Waals surface area contributed by atoms with Crippen molar-refractivity contribution in [2.24, 2.45) is 12.5 Å². The van der Waals surface area contributed by atoms with Crippen LogP contribution in [-0.2, 0) is 13.6 Å². The molecule has 0 atom stereocenters. The Morgan fingerprint density at radius 2 is 2.00 bits per heavy atom. The van der Waals surface area contributed by atoms with E-state index < -0.39 is 5.60 Å². The zero-order valence-corrected chi connectivity index (χ0v) is 11.7. The monoisotopic (exact) mass is 251 g/mol. The van der Waals surface area contributed by atoms with Crippen LogP contribution in [0.15, 0.2) is 12.5 Å². The standard InChI is InChI=1S/C14H25N3O/c1-13(2)4-6-14(18,7-5-13)10-15-8-12-9-16-11-17(12)3/h9,11,15,18H,4-8,10H2,1-3H3. The summed E-state index contributed by atoms with van der Waals surface area (Å²) in [7, 11) is 1.99. The topological polar surface area (TPSA) is 50.1 Å². The van der Waals surface area contributed by atoms with Gasteiger partial charge < -0.3 is 15.0 Å². The van der Waals surface area contributed by atoms with Gasteiger partial charge in [0.15, 0.2) is 0 Å². The number of nitrogens with one attached hydrogen (secondary N) is 1. The first-order valence-corrected chi connectivity index (χ1v) is 6.79. The van der Waals surface area contributed by atoms with Gasteiger partial charge in [0.05, 0.1) is 17.6 Å². The van der Waals surface area contributed by atoms with E-state index in [1.54, 1.807) is 6.33 Å². The molecule has 1 fully saturated rings. The minimum atomic E-state index is -0.520. The Balaban J connectivity index is 1.78. The van der Waals surface area contributed by atoms with Crippen molar-refractivity contribution >= 4 is 0 Å². The molecule has 4 heteroatoms. The van der Waals surface area contributed by atoms with Gasteiger partial charge in [-0.15, -0.1) is 0 Å².